The highest BCUT2D eigenvalue weighted by atomic mass is 32.1. The van der Waals surface area contributed by atoms with Crippen LogP contribution in [0, 0.1) is 20.8 Å². The fourth-order valence-electron chi connectivity index (χ4n) is 2.37. The molecule has 2 heterocycles. The lowest BCUT2D eigenvalue weighted by molar-refractivity contribution is -0.117. The minimum absolute atomic E-state index is 0.0556. The van der Waals surface area contributed by atoms with Crippen LogP contribution >= 0.6 is 11.3 Å². The lowest BCUT2D eigenvalue weighted by Crippen LogP contribution is -2.27. The number of carbonyl (C=O) groups is 1. The van der Waals surface area contributed by atoms with E-state index < -0.39 is 0 Å². The first-order chi connectivity index (χ1) is 11.1. The van der Waals surface area contributed by atoms with Crippen molar-refractivity contribution >= 4 is 28.1 Å². The van der Waals surface area contributed by atoms with E-state index in [2.05, 4.69) is 10.1 Å². The largest absolute Gasteiger partial charge is 0.361 e. The maximum atomic E-state index is 12.9. The van der Waals surface area contributed by atoms with Crippen LogP contribution in [0.5, 0.6) is 0 Å². The molecule has 0 unspecified atom stereocenters. The number of anilines is 2. The van der Waals surface area contributed by atoms with Gasteiger partial charge in [-0.2, -0.15) is 0 Å². The van der Waals surface area contributed by atoms with E-state index >= 15 is 0 Å². The molecule has 0 N–H and O–H groups in total. The topological polar surface area (TPSA) is 59.2 Å². The molecule has 1 aromatic carbocycles. The van der Waals surface area contributed by atoms with E-state index in [1.807, 2.05) is 56.5 Å². The second-order valence-electron chi connectivity index (χ2n) is 5.32. The molecule has 5 nitrogen and oxygen atoms in total. The number of benzene rings is 1. The molecule has 0 aliphatic rings. The van der Waals surface area contributed by atoms with Gasteiger partial charge in [0, 0.05) is 10.9 Å². The quantitative estimate of drug-likeness (QED) is 0.727. The van der Waals surface area contributed by atoms with Crippen LogP contribution < -0.4 is 4.90 Å². The first-order valence-corrected chi connectivity index (χ1v) is 8.16. The lowest BCUT2D eigenvalue weighted by atomic mass is 10.1. The average Bonchev–Trinajstić information content (AvgIpc) is 3.09. The summed E-state index contributed by atoms with van der Waals surface area (Å²) in [4.78, 5) is 19.1. The summed E-state index contributed by atoms with van der Waals surface area (Å²) in [6.45, 7) is 5.59. The second-order valence-corrected chi connectivity index (χ2v) is 6.15. The molecule has 0 aliphatic carbocycles. The highest BCUT2D eigenvalue weighted by Gasteiger charge is 2.23. The van der Waals surface area contributed by atoms with E-state index in [1.54, 1.807) is 4.90 Å². The Labute approximate surface area is 138 Å². The third kappa shape index (κ3) is 3.17. The highest BCUT2D eigenvalue weighted by Crippen LogP contribution is 2.29. The summed E-state index contributed by atoms with van der Waals surface area (Å²) in [5.74, 6) is 0.624. The Kier molecular flexibility index (Phi) is 4.25. The fourth-order valence-corrected chi connectivity index (χ4v) is 3.20. The second kappa shape index (κ2) is 6.34. The standard InChI is InChI=1S/C17H17N3O2S/c1-11-10-23-17(18-11)20(14-7-5-4-6-8-14)16(21)9-15-12(2)19-22-13(15)3/h4-8,10H,9H2,1-3H3. The van der Waals surface area contributed by atoms with Crippen LogP contribution in [-0.4, -0.2) is 16.0 Å². The van der Waals surface area contributed by atoms with Crippen molar-refractivity contribution in [1.82, 2.24) is 10.1 Å². The monoisotopic (exact) mass is 327 g/mol. The van der Waals surface area contributed by atoms with E-state index in [4.69, 9.17) is 4.52 Å². The van der Waals surface area contributed by atoms with E-state index in [0.29, 0.717) is 10.9 Å². The zero-order valence-electron chi connectivity index (χ0n) is 13.2. The van der Waals surface area contributed by atoms with Gasteiger partial charge in [0.25, 0.3) is 0 Å². The minimum atomic E-state index is -0.0556. The van der Waals surface area contributed by atoms with Crippen molar-refractivity contribution in [2.75, 3.05) is 4.90 Å². The van der Waals surface area contributed by atoms with Crippen molar-refractivity contribution < 1.29 is 9.32 Å². The number of rotatable bonds is 4. The Morgan fingerprint density at radius 3 is 2.52 bits per heavy atom. The molecular weight excluding hydrogens is 310 g/mol. The summed E-state index contributed by atoms with van der Waals surface area (Å²) >= 11 is 1.46. The van der Waals surface area contributed by atoms with Crippen LogP contribution in [-0.2, 0) is 11.2 Å². The number of thiazole rings is 1. The Hall–Kier alpha value is -2.47. The van der Waals surface area contributed by atoms with Crippen molar-refractivity contribution in [3.05, 3.63) is 58.4 Å². The molecule has 0 bridgehead atoms. The molecule has 0 fully saturated rings. The number of nitrogens with zero attached hydrogens (tertiary/aromatic N) is 3. The molecular formula is C17H17N3O2S. The van der Waals surface area contributed by atoms with Crippen molar-refractivity contribution in [3.8, 4) is 0 Å². The molecule has 23 heavy (non-hydrogen) atoms. The van der Waals surface area contributed by atoms with Gasteiger partial charge in [0.2, 0.25) is 5.91 Å². The van der Waals surface area contributed by atoms with E-state index in [-0.39, 0.29) is 12.3 Å². The van der Waals surface area contributed by atoms with Gasteiger partial charge in [-0.3, -0.25) is 9.69 Å². The van der Waals surface area contributed by atoms with Crippen LogP contribution in [0.25, 0.3) is 0 Å². The minimum Gasteiger partial charge on any atom is -0.361 e. The van der Waals surface area contributed by atoms with Gasteiger partial charge in [-0.05, 0) is 32.9 Å². The summed E-state index contributed by atoms with van der Waals surface area (Å²) in [6.07, 6.45) is 0.231. The van der Waals surface area contributed by atoms with Crippen molar-refractivity contribution in [2.45, 2.75) is 27.2 Å². The fraction of sp³-hybridized carbons (Fsp3) is 0.235. The van der Waals surface area contributed by atoms with Crippen LogP contribution in [0.4, 0.5) is 10.8 Å². The Bertz CT molecular complexity index is 804. The molecule has 3 aromatic rings. The van der Waals surface area contributed by atoms with Gasteiger partial charge in [0.05, 0.1) is 23.5 Å². The molecule has 1 amide bonds. The summed E-state index contributed by atoms with van der Waals surface area (Å²) < 4.78 is 5.16. The third-order valence-electron chi connectivity index (χ3n) is 3.57. The summed E-state index contributed by atoms with van der Waals surface area (Å²) in [5.41, 5.74) is 3.29. The predicted octanol–water partition coefficient (Wildman–Crippen LogP) is 3.96. The molecule has 0 atom stereocenters. The van der Waals surface area contributed by atoms with Gasteiger partial charge in [-0.25, -0.2) is 4.98 Å². The van der Waals surface area contributed by atoms with E-state index in [9.17, 15) is 4.79 Å². The van der Waals surface area contributed by atoms with Crippen molar-refractivity contribution in [2.24, 2.45) is 0 Å². The van der Waals surface area contributed by atoms with Crippen LogP contribution in [0.15, 0.2) is 40.2 Å². The lowest BCUT2D eigenvalue weighted by Gasteiger charge is -2.20. The summed E-state index contributed by atoms with van der Waals surface area (Å²) in [6, 6.07) is 9.55. The Morgan fingerprint density at radius 2 is 1.96 bits per heavy atom. The third-order valence-corrected chi connectivity index (χ3v) is 4.51. The maximum absolute atomic E-state index is 12.9. The summed E-state index contributed by atoms with van der Waals surface area (Å²) in [5, 5.41) is 6.53. The first-order valence-electron chi connectivity index (χ1n) is 7.28. The highest BCUT2D eigenvalue weighted by molar-refractivity contribution is 7.14. The first kappa shape index (κ1) is 15.4. The number of amides is 1. The molecule has 6 heteroatoms. The molecule has 3 rings (SSSR count). The summed E-state index contributed by atoms with van der Waals surface area (Å²) in [7, 11) is 0. The molecule has 0 saturated carbocycles. The van der Waals surface area contributed by atoms with Crippen molar-refractivity contribution in [3.63, 3.8) is 0 Å². The van der Waals surface area contributed by atoms with Crippen molar-refractivity contribution in [1.29, 1.82) is 0 Å². The van der Waals surface area contributed by atoms with Gasteiger partial charge < -0.3 is 4.52 Å². The number of aryl methyl sites for hydroxylation is 3. The van der Waals surface area contributed by atoms with Gasteiger partial charge in [0.15, 0.2) is 5.13 Å². The molecule has 0 radical (unpaired) electrons. The smallest absolute Gasteiger partial charge is 0.237 e. The van der Waals surface area contributed by atoms with E-state index in [0.717, 1.165) is 22.6 Å². The number of hydrogen-bond donors (Lipinski definition) is 0. The molecule has 0 spiro atoms. The van der Waals surface area contributed by atoms with Gasteiger partial charge in [-0.15, -0.1) is 11.3 Å². The average molecular weight is 327 g/mol. The molecule has 2 aromatic heterocycles. The number of carbonyl (C=O) groups excluding carboxylic acids is 1. The van der Waals surface area contributed by atoms with Crippen LogP contribution in [0.2, 0.25) is 0 Å². The van der Waals surface area contributed by atoms with Gasteiger partial charge in [-0.1, -0.05) is 23.4 Å². The zero-order valence-corrected chi connectivity index (χ0v) is 14.1. The molecule has 118 valence electrons. The van der Waals surface area contributed by atoms with Gasteiger partial charge >= 0.3 is 0 Å². The normalized spacial score (nSPS) is 10.7. The predicted molar refractivity (Wildman–Crippen MR) is 90.1 cm³/mol. The Balaban J connectivity index is 1.97. The Morgan fingerprint density at radius 1 is 1.22 bits per heavy atom. The molecule has 0 aliphatic heterocycles. The number of hydrogen-bond acceptors (Lipinski definition) is 5. The zero-order chi connectivity index (χ0) is 16.4. The number of aromatic nitrogens is 2. The van der Waals surface area contributed by atoms with Crippen LogP contribution in [0.1, 0.15) is 22.7 Å². The molecule has 0 saturated heterocycles. The SMILES string of the molecule is Cc1csc(N(C(=O)Cc2c(C)noc2C)c2ccccc2)n1. The number of para-hydroxylation sites is 1. The van der Waals surface area contributed by atoms with Gasteiger partial charge in [0.1, 0.15) is 5.76 Å². The maximum Gasteiger partial charge on any atom is 0.237 e. The van der Waals surface area contributed by atoms with E-state index in [1.165, 1.54) is 11.3 Å². The van der Waals surface area contributed by atoms with Crippen LogP contribution in [0.3, 0.4) is 0 Å².